The number of hydrogen-bond acceptors (Lipinski definition) is 5. The molecule has 0 bridgehead atoms. The van der Waals surface area contributed by atoms with Gasteiger partial charge in [-0.25, -0.2) is 0 Å². The van der Waals surface area contributed by atoms with Gasteiger partial charge in [0.05, 0.1) is 27.5 Å². The van der Waals surface area contributed by atoms with Crippen molar-refractivity contribution in [3.63, 3.8) is 0 Å². The van der Waals surface area contributed by atoms with Crippen molar-refractivity contribution in [1.82, 2.24) is 5.43 Å². The van der Waals surface area contributed by atoms with Crippen molar-refractivity contribution in [2.24, 2.45) is 5.10 Å². The van der Waals surface area contributed by atoms with Gasteiger partial charge in [-0.3, -0.25) is 0 Å². The SMILES string of the molecule is CN/N=C/c1cc(OC)c(OC)cc1OC. The summed E-state index contributed by atoms with van der Waals surface area (Å²) in [6.07, 6.45) is 1.65. The van der Waals surface area contributed by atoms with Gasteiger partial charge in [0.2, 0.25) is 0 Å². The molecule has 0 spiro atoms. The Bertz CT molecular complexity index is 378. The van der Waals surface area contributed by atoms with Crippen LogP contribution in [0.4, 0.5) is 0 Å². The molecule has 0 aliphatic carbocycles. The van der Waals surface area contributed by atoms with Crippen molar-refractivity contribution >= 4 is 6.21 Å². The summed E-state index contributed by atoms with van der Waals surface area (Å²) in [5, 5.41) is 3.93. The molecule has 0 aliphatic heterocycles. The van der Waals surface area contributed by atoms with Crippen LogP contribution in [0.15, 0.2) is 17.2 Å². The molecule has 0 radical (unpaired) electrons. The molecule has 0 heterocycles. The second kappa shape index (κ2) is 5.85. The van der Waals surface area contributed by atoms with Gasteiger partial charge in [0, 0.05) is 18.7 Å². The molecular formula is C11H16N2O3. The van der Waals surface area contributed by atoms with Crippen LogP contribution in [0, 0.1) is 0 Å². The molecule has 0 saturated carbocycles. The molecule has 88 valence electrons. The zero-order valence-corrected chi connectivity index (χ0v) is 9.90. The molecule has 0 atom stereocenters. The van der Waals surface area contributed by atoms with E-state index in [0.717, 1.165) is 5.56 Å². The standard InChI is InChI=1S/C11H16N2O3/c1-12-13-7-8-5-10(15-3)11(16-4)6-9(8)14-2/h5-7,12H,1-4H3/b13-7+. The Morgan fingerprint density at radius 2 is 1.56 bits per heavy atom. The van der Waals surface area contributed by atoms with Crippen molar-refractivity contribution < 1.29 is 14.2 Å². The summed E-state index contributed by atoms with van der Waals surface area (Å²) in [7, 11) is 6.49. The molecule has 1 rings (SSSR count). The maximum atomic E-state index is 5.23. The number of hydrogen-bond donors (Lipinski definition) is 1. The lowest BCUT2D eigenvalue weighted by molar-refractivity contribution is 0.349. The highest BCUT2D eigenvalue weighted by atomic mass is 16.5. The van der Waals surface area contributed by atoms with Crippen molar-refractivity contribution in [2.75, 3.05) is 28.4 Å². The van der Waals surface area contributed by atoms with Crippen LogP contribution >= 0.6 is 0 Å². The van der Waals surface area contributed by atoms with Crippen LogP contribution in [0.2, 0.25) is 0 Å². The normalized spacial score (nSPS) is 10.2. The Morgan fingerprint density at radius 1 is 1.00 bits per heavy atom. The van der Waals surface area contributed by atoms with Gasteiger partial charge in [0.1, 0.15) is 5.75 Å². The number of rotatable bonds is 5. The number of hydrazone groups is 1. The van der Waals surface area contributed by atoms with Crippen molar-refractivity contribution in [2.45, 2.75) is 0 Å². The Morgan fingerprint density at radius 3 is 2.06 bits per heavy atom. The molecule has 0 aromatic heterocycles. The van der Waals surface area contributed by atoms with Gasteiger partial charge in [-0.1, -0.05) is 0 Å². The van der Waals surface area contributed by atoms with Gasteiger partial charge < -0.3 is 19.6 Å². The van der Waals surface area contributed by atoms with E-state index in [2.05, 4.69) is 10.5 Å². The highest BCUT2D eigenvalue weighted by Gasteiger charge is 2.10. The lowest BCUT2D eigenvalue weighted by atomic mass is 10.2. The number of methoxy groups -OCH3 is 3. The minimum absolute atomic E-state index is 0.626. The average Bonchev–Trinajstić information content (AvgIpc) is 2.35. The molecule has 0 fully saturated rings. The zero-order valence-electron chi connectivity index (χ0n) is 9.90. The van der Waals surface area contributed by atoms with Gasteiger partial charge in [0.15, 0.2) is 11.5 Å². The second-order valence-electron chi connectivity index (χ2n) is 2.93. The molecule has 1 N–H and O–H groups in total. The van der Waals surface area contributed by atoms with E-state index in [0.29, 0.717) is 17.2 Å². The van der Waals surface area contributed by atoms with Crippen molar-refractivity contribution in [3.05, 3.63) is 17.7 Å². The van der Waals surface area contributed by atoms with E-state index in [1.165, 1.54) is 0 Å². The monoisotopic (exact) mass is 224 g/mol. The Kier molecular flexibility index (Phi) is 4.44. The minimum atomic E-state index is 0.626. The molecule has 0 saturated heterocycles. The average molecular weight is 224 g/mol. The van der Waals surface area contributed by atoms with Crippen LogP contribution in [-0.2, 0) is 0 Å². The summed E-state index contributed by atoms with van der Waals surface area (Å²) in [6.45, 7) is 0. The van der Waals surface area contributed by atoms with Crippen molar-refractivity contribution in [1.29, 1.82) is 0 Å². The van der Waals surface area contributed by atoms with E-state index in [1.54, 1.807) is 46.7 Å². The highest BCUT2D eigenvalue weighted by molar-refractivity contribution is 5.85. The fourth-order valence-electron chi connectivity index (χ4n) is 1.29. The third-order valence-corrected chi connectivity index (χ3v) is 2.07. The van der Waals surface area contributed by atoms with Gasteiger partial charge in [0.25, 0.3) is 0 Å². The summed E-state index contributed by atoms with van der Waals surface area (Å²) >= 11 is 0. The van der Waals surface area contributed by atoms with Gasteiger partial charge in [-0.2, -0.15) is 5.10 Å². The van der Waals surface area contributed by atoms with Crippen LogP contribution in [0.5, 0.6) is 17.2 Å². The van der Waals surface area contributed by atoms with E-state index in [1.807, 2.05) is 0 Å². The molecule has 5 nitrogen and oxygen atoms in total. The van der Waals surface area contributed by atoms with E-state index >= 15 is 0 Å². The predicted octanol–water partition coefficient (Wildman–Crippen LogP) is 1.27. The Labute approximate surface area is 95.0 Å². The van der Waals surface area contributed by atoms with E-state index in [-0.39, 0.29) is 0 Å². The van der Waals surface area contributed by atoms with E-state index < -0.39 is 0 Å². The summed E-state index contributed by atoms with van der Waals surface area (Å²) in [5.74, 6) is 1.94. The molecular weight excluding hydrogens is 208 g/mol. The number of benzene rings is 1. The van der Waals surface area contributed by atoms with Gasteiger partial charge in [-0.05, 0) is 6.07 Å². The zero-order chi connectivity index (χ0) is 12.0. The third kappa shape index (κ3) is 2.56. The van der Waals surface area contributed by atoms with Crippen molar-refractivity contribution in [3.8, 4) is 17.2 Å². The number of ether oxygens (including phenoxy) is 3. The lowest BCUT2D eigenvalue weighted by Crippen LogP contribution is -1.99. The molecule has 0 aliphatic rings. The first-order chi connectivity index (χ1) is 7.76. The third-order valence-electron chi connectivity index (χ3n) is 2.07. The topological polar surface area (TPSA) is 52.1 Å². The molecule has 0 unspecified atom stereocenters. The molecule has 5 heteroatoms. The lowest BCUT2D eigenvalue weighted by Gasteiger charge is -2.11. The largest absolute Gasteiger partial charge is 0.496 e. The van der Waals surface area contributed by atoms with Crippen LogP contribution in [0.25, 0.3) is 0 Å². The first kappa shape index (κ1) is 12.2. The van der Waals surface area contributed by atoms with Crippen LogP contribution in [-0.4, -0.2) is 34.6 Å². The summed E-state index contributed by atoms with van der Waals surface area (Å²) in [4.78, 5) is 0. The quantitative estimate of drug-likeness (QED) is 0.604. The maximum absolute atomic E-state index is 5.23. The first-order valence-corrected chi connectivity index (χ1v) is 4.76. The Balaban J connectivity index is 3.20. The summed E-state index contributed by atoms with van der Waals surface area (Å²) < 4.78 is 15.6. The highest BCUT2D eigenvalue weighted by Crippen LogP contribution is 2.33. The number of nitrogens with one attached hydrogen (secondary N) is 1. The number of nitrogens with zero attached hydrogens (tertiary/aromatic N) is 1. The summed E-state index contributed by atoms with van der Waals surface area (Å²) in [6, 6.07) is 3.56. The Hall–Kier alpha value is -1.91. The smallest absolute Gasteiger partial charge is 0.164 e. The van der Waals surface area contributed by atoms with Crippen LogP contribution in [0.1, 0.15) is 5.56 Å². The molecule has 16 heavy (non-hydrogen) atoms. The fourth-order valence-corrected chi connectivity index (χ4v) is 1.29. The molecule has 1 aromatic carbocycles. The van der Waals surface area contributed by atoms with Crippen LogP contribution < -0.4 is 19.6 Å². The first-order valence-electron chi connectivity index (χ1n) is 4.76. The van der Waals surface area contributed by atoms with Crippen LogP contribution in [0.3, 0.4) is 0 Å². The predicted molar refractivity (Wildman–Crippen MR) is 62.8 cm³/mol. The summed E-state index contributed by atoms with van der Waals surface area (Å²) in [5.41, 5.74) is 3.49. The van der Waals surface area contributed by atoms with Gasteiger partial charge >= 0.3 is 0 Å². The van der Waals surface area contributed by atoms with E-state index in [4.69, 9.17) is 14.2 Å². The fraction of sp³-hybridized carbons (Fsp3) is 0.364. The second-order valence-corrected chi connectivity index (χ2v) is 2.93. The molecule has 1 aromatic rings. The van der Waals surface area contributed by atoms with Gasteiger partial charge in [-0.15, -0.1) is 0 Å². The maximum Gasteiger partial charge on any atom is 0.164 e. The molecule has 0 amide bonds. The minimum Gasteiger partial charge on any atom is -0.496 e. The van der Waals surface area contributed by atoms with E-state index in [9.17, 15) is 0 Å².